The Hall–Kier alpha value is -2.17. The van der Waals surface area contributed by atoms with E-state index < -0.39 is 0 Å². The van der Waals surface area contributed by atoms with E-state index in [2.05, 4.69) is 15.3 Å². The Morgan fingerprint density at radius 1 is 1.35 bits per heavy atom. The van der Waals surface area contributed by atoms with Crippen LogP contribution < -0.4 is 10.9 Å². The molecule has 0 unspecified atom stereocenters. The number of nitrogens with zero attached hydrogens (tertiary/aromatic N) is 3. The number of hydrogen-bond donors (Lipinski definition) is 1. The van der Waals surface area contributed by atoms with Crippen LogP contribution in [0.4, 0.5) is 5.69 Å². The Balaban J connectivity index is 2.07. The molecule has 0 radical (unpaired) electrons. The van der Waals surface area contributed by atoms with Crippen LogP contribution in [0.3, 0.4) is 0 Å². The van der Waals surface area contributed by atoms with E-state index in [0.29, 0.717) is 13.1 Å². The van der Waals surface area contributed by atoms with Gasteiger partial charge in [0.2, 0.25) is 0 Å². The lowest BCUT2D eigenvalue weighted by Gasteiger charge is -2.08. The summed E-state index contributed by atoms with van der Waals surface area (Å²) in [5.74, 6) is 0. The maximum Gasteiger partial charge on any atom is 0.250 e. The summed E-state index contributed by atoms with van der Waals surface area (Å²) >= 11 is 0. The highest BCUT2D eigenvalue weighted by Gasteiger charge is 1.97. The van der Waals surface area contributed by atoms with Gasteiger partial charge >= 0.3 is 0 Å². The highest BCUT2D eigenvalue weighted by atomic mass is 16.1. The molecule has 0 aliphatic carbocycles. The third kappa shape index (κ3) is 2.90. The van der Waals surface area contributed by atoms with Gasteiger partial charge in [-0.05, 0) is 19.1 Å². The summed E-state index contributed by atoms with van der Waals surface area (Å²) in [5, 5.41) is 3.21. The smallest absolute Gasteiger partial charge is 0.250 e. The van der Waals surface area contributed by atoms with Gasteiger partial charge in [-0.2, -0.15) is 0 Å². The minimum Gasteiger partial charge on any atom is -0.378 e. The predicted octanol–water partition coefficient (Wildman–Crippen LogP) is 1.27. The average Bonchev–Trinajstić information content (AvgIpc) is 2.39. The molecule has 0 spiro atoms. The number of anilines is 1. The van der Waals surface area contributed by atoms with Crippen LogP contribution in [0, 0.1) is 0 Å². The number of aryl methyl sites for hydroxylation is 1. The fourth-order valence-corrected chi connectivity index (χ4v) is 1.50. The summed E-state index contributed by atoms with van der Waals surface area (Å²) in [5.41, 5.74) is 1.83. The third-order valence-corrected chi connectivity index (χ3v) is 2.44. The van der Waals surface area contributed by atoms with Crippen molar-refractivity contribution in [3.05, 3.63) is 53.0 Å². The molecule has 0 amide bonds. The van der Waals surface area contributed by atoms with Crippen molar-refractivity contribution >= 4 is 5.69 Å². The lowest BCUT2D eigenvalue weighted by Crippen LogP contribution is -2.17. The van der Waals surface area contributed by atoms with Crippen LogP contribution in [0.15, 0.2) is 41.7 Å². The molecule has 17 heavy (non-hydrogen) atoms. The van der Waals surface area contributed by atoms with Crippen LogP contribution in [-0.4, -0.2) is 14.5 Å². The molecule has 5 nitrogen and oxygen atoms in total. The SMILES string of the molecule is CCn1cc(NCc2ccncn2)ccc1=O. The Kier molecular flexibility index (Phi) is 3.49. The van der Waals surface area contributed by atoms with Crippen LogP contribution in [0.5, 0.6) is 0 Å². The minimum atomic E-state index is 0.0140. The predicted molar refractivity (Wildman–Crippen MR) is 65.7 cm³/mol. The summed E-state index contributed by atoms with van der Waals surface area (Å²) < 4.78 is 1.66. The maximum absolute atomic E-state index is 11.4. The molecule has 0 aliphatic heterocycles. The Bertz CT molecular complexity index is 536. The topological polar surface area (TPSA) is 59.8 Å². The van der Waals surface area contributed by atoms with Crippen LogP contribution >= 0.6 is 0 Å². The summed E-state index contributed by atoms with van der Waals surface area (Å²) in [6.45, 7) is 3.22. The molecule has 0 aliphatic rings. The second-order valence-electron chi connectivity index (χ2n) is 3.60. The Morgan fingerprint density at radius 3 is 2.94 bits per heavy atom. The van der Waals surface area contributed by atoms with Crippen molar-refractivity contribution < 1.29 is 0 Å². The molecular formula is C12H14N4O. The first-order valence-electron chi connectivity index (χ1n) is 5.49. The van der Waals surface area contributed by atoms with E-state index in [0.717, 1.165) is 11.4 Å². The first-order valence-corrected chi connectivity index (χ1v) is 5.49. The highest BCUT2D eigenvalue weighted by Crippen LogP contribution is 2.05. The van der Waals surface area contributed by atoms with Crippen LogP contribution in [-0.2, 0) is 13.1 Å². The summed E-state index contributed by atoms with van der Waals surface area (Å²) in [7, 11) is 0. The normalized spacial score (nSPS) is 10.2. The van der Waals surface area contributed by atoms with Crippen molar-refractivity contribution in [2.45, 2.75) is 20.0 Å². The van der Waals surface area contributed by atoms with Crippen molar-refractivity contribution in [3.63, 3.8) is 0 Å². The van der Waals surface area contributed by atoms with Gasteiger partial charge in [-0.15, -0.1) is 0 Å². The average molecular weight is 230 g/mol. The molecule has 0 saturated carbocycles. The van der Waals surface area contributed by atoms with E-state index in [-0.39, 0.29) is 5.56 Å². The highest BCUT2D eigenvalue weighted by molar-refractivity contribution is 5.40. The van der Waals surface area contributed by atoms with Gasteiger partial charge in [-0.3, -0.25) is 4.79 Å². The van der Waals surface area contributed by atoms with Gasteiger partial charge in [0.15, 0.2) is 0 Å². The molecule has 2 rings (SSSR count). The van der Waals surface area contributed by atoms with Crippen LogP contribution in [0.2, 0.25) is 0 Å². The van der Waals surface area contributed by atoms with Gasteiger partial charge in [-0.25, -0.2) is 9.97 Å². The zero-order chi connectivity index (χ0) is 12.1. The molecule has 0 saturated heterocycles. The van der Waals surface area contributed by atoms with Gasteiger partial charge in [0.25, 0.3) is 5.56 Å². The van der Waals surface area contributed by atoms with Gasteiger partial charge in [-0.1, -0.05) is 0 Å². The zero-order valence-electron chi connectivity index (χ0n) is 9.63. The fraction of sp³-hybridized carbons (Fsp3) is 0.250. The molecule has 0 atom stereocenters. The molecule has 1 N–H and O–H groups in total. The summed E-state index contributed by atoms with van der Waals surface area (Å²) in [4.78, 5) is 19.4. The zero-order valence-corrected chi connectivity index (χ0v) is 9.63. The largest absolute Gasteiger partial charge is 0.378 e. The third-order valence-electron chi connectivity index (χ3n) is 2.44. The minimum absolute atomic E-state index is 0.0140. The standard InChI is InChI=1S/C12H14N4O/c1-2-16-8-11(3-4-12(16)17)14-7-10-5-6-13-9-15-10/h3-6,8-9,14H,2,7H2,1H3. The molecule has 2 aromatic heterocycles. The van der Waals surface area contributed by atoms with Gasteiger partial charge in [0, 0.05) is 25.0 Å². The number of nitrogens with one attached hydrogen (secondary N) is 1. The second-order valence-corrected chi connectivity index (χ2v) is 3.60. The molecule has 88 valence electrons. The maximum atomic E-state index is 11.4. The molecular weight excluding hydrogens is 216 g/mol. The van der Waals surface area contributed by atoms with Crippen molar-refractivity contribution in [2.24, 2.45) is 0 Å². The van der Waals surface area contributed by atoms with E-state index in [1.54, 1.807) is 22.9 Å². The molecule has 0 bridgehead atoms. The molecule has 2 aromatic rings. The Labute approximate surface area is 99.2 Å². The lowest BCUT2D eigenvalue weighted by molar-refractivity contribution is 0.727. The van der Waals surface area contributed by atoms with Crippen molar-refractivity contribution in [3.8, 4) is 0 Å². The van der Waals surface area contributed by atoms with Gasteiger partial charge < -0.3 is 9.88 Å². The second kappa shape index (κ2) is 5.25. The van der Waals surface area contributed by atoms with Crippen LogP contribution in [0.25, 0.3) is 0 Å². The van der Waals surface area contributed by atoms with E-state index in [4.69, 9.17) is 0 Å². The quantitative estimate of drug-likeness (QED) is 0.859. The fourth-order valence-electron chi connectivity index (χ4n) is 1.50. The number of aromatic nitrogens is 3. The van der Waals surface area contributed by atoms with E-state index in [1.165, 1.54) is 6.33 Å². The van der Waals surface area contributed by atoms with E-state index in [1.807, 2.05) is 19.2 Å². The lowest BCUT2D eigenvalue weighted by atomic mass is 10.3. The number of hydrogen-bond acceptors (Lipinski definition) is 4. The molecule has 0 aromatic carbocycles. The monoisotopic (exact) mass is 230 g/mol. The first kappa shape index (κ1) is 11.3. The van der Waals surface area contributed by atoms with E-state index in [9.17, 15) is 4.79 Å². The molecule has 0 fully saturated rings. The summed E-state index contributed by atoms with van der Waals surface area (Å²) in [6.07, 6.45) is 5.03. The number of rotatable bonds is 4. The van der Waals surface area contributed by atoms with E-state index >= 15 is 0 Å². The Morgan fingerprint density at radius 2 is 2.24 bits per heavy atom. The van der Waals surface area contributed by atoms with Gasteiger partial charge in [0.1, 0.15) is 6.33 Å². The first-order chi connectivity index (χ1) is 8.29. The van der Waals surface area contributed by atoms with Gasteiger partial charge in [0.05, 0.1) is 17.9 Å². The van der Waals surface area contributed by atoms with Crippen molar-refractivity contribution in [1.82, 2.24) is 14.5 Å². The van der Waals surface area contributed by atoms with Crippen molar-refractivity contribution in [1.29, 1.82) is 0 Å². The molecule has 2 heterocycles. The summed E-state index contributed by atoms with van der Waals surface area (Å²) in [6, 6.07) is 5.18. The molecule has 5 heteroatoms. The van der Waals surface area contributed by atoms with Crippen LogP contribution in [0.1, 0.15) is 12.6 Å². The number of pyridine rings is 1. The van der Waals surface area contributed by atoms with Crippen molar-refractivity contribution in [2.75, 3.05) is 5.32 Å².